The third-order valence-corrected chi connectivity index (χ3v) is 7.02. The van der Waals surface area contributed by atoms with Gasteiger partial charge in [-0.2, -0.15) is 0 Å². The fourth-order valence-corrected chi connectivity index (χ4v) is 5.36. The van der Waals surface area contributed by atoms with Crippen LogP contribution in [-0.4, -0.2) is 49.7 Å². The van der Waals surface area contributed by atoms with Gasteiger partial charge in [-0.1, -0.05) is 42.5 Å². The van der Waals surface area contributed by atoms with Crippen molar-refractivity contribution < 1.29 is 9.47 Å². The lowest BCUT2D eigenvalue weighted by Crippen LogP contribution is -2.49. The van der Waals surface area contributed by atoms with Gasteiger partial charge in [0, 0.05) is 32.2 Å². The van der Waals surface area contributed by atoms with E-state index in [-0.39, 0.29) is 0 Å². The van der Waals surface area contributed by atoms with Crippen molar-refractivity contribution in [2.45, 2.75) is 38.4 Å². The molecule has 0 radical (unpaired) electrons. The lowest BCUT2D eigenvalue weighted by Gasteiger charge is -2.41. The molecule has 0 spiro atoms. The zero-order valence-electron chi connectivity index (χ0n) is 18.6. The van der Waals surface area contributed by atoms with Crippen molar-refractivity contribution in [1.29, 1.82) is 0 Å². The molecular weight excluding hydrogens is 384 g/mol. The average Bonchev–Trinajstić information content (AvgIpc) is 2.83. The number of nitrogens with zero attached hydrogens (tertiary/aromatic N) is 2. The summed E-state index contributed by atoms with van der Waals surface area (Å²) in [7, 11) is 3.43. The molecule has 2 aliphatic rings. The zero-order chi connectivity index (χ0) is 21.2. The second-order valence-corrected chi connectivity index (χ2v) is 8.87. The zero-order valence-corrected chi connectivity index (χ0v) is 18.6. The maximum absolute atomic E-state index is 5.55. The maximum atomic E-state index is 5.55. The molecule has 5 rings (SSSR count). The molecule has 1 atom stereocenters. The van der Waals surface area contributed by atoms with E-state index in [1.54, 1.807) is 14.2 Å². The summed E-state index contributed by atoms with van der Waals surface area (Å²) in [5, 5.41) is 2.73. The van der Waals surface area contributed by atoms with Gasteiger partial charge in [0.25, 0.3) is 0 Å². The number of hydrogen-bond donors (Lipinski definition) is 0. The van der Waals surface area contributed by atoms with Crippen molar-refractivity contribution in [3.63, 3.8) is 0 Å². The number of benzene rings is 3. The topological polar surface area (TPSA) is 24.9 Å². The van der Waals surface area contributed by atoms with Gasteiger partial charge >= 0.3 is 0 Å². The molecule has 0 aromatic heterocycles. The van der Waals surface area contributed by atoms with Crippen molar-refractivity contribution in [3.05, 3.63) is 71.3 Å². The second kappa shape index (κ2) is 8.89. The number of ether oxygens (including phenoxy) is 2. The first kappa shape index (κ1) is 20.3. The molecule has 2 aliphatic heterocycles. The Morgan fingerprint density at radius 3 is 2.52 bits per heavy atom. The number of likely N-dealkylation sites (tertiary alicyclic amines) is 1. The fraction of sp³-hybridized carbons (Fsp3) is 0.407. The number of piperidine rings is 1. The Hall–Kier alpha value is -2.56. The van der Waals surface area contributed by atoms with Crippen molar-refractivity contribution in [2.75, 3.05) is 33.9 Å². The molecule has 3 aromatic rings. The van der Waals surface area contributed by atoms with Crippen LogP contribution in [0.3, 0.4) is 0 Å². The molecule has 1 saturated heterocycles. The van der Waals surface area contributed by atoms with E-state index in [4.69, 9.17) is 9.47 Å². The van der Waals surface area contributed by atoms with Crippen LogP contribution in [-0.2, 0) is 19.5 Å². The van der Waals surface area contributed by atoms with Crippen molar-refractivity contribution >= 4 is 10.8 Å². The van der Waals surface area contributed by atoms with Gasteiger partial charge in [0.05, 0.1) is 14.2 Å². The molecule has 4 nitrogen and oxygen atoms in total. The Labute approximate surface area is 185 Å². The normalized spacial score (nSPS) is 19.9. The van der Waals surface area contributed by atoms with E-state index in [2.05, 4.69) is 64.4 Å². The molecule has 0 N–H and O–H groups in total. The van der Waals surface area contributed by atoms with Gasteiger partial charge in [-0.15, -0.1) is 0 Å². The van der Waals surface area contributed by atoms with Crippen LogP contribution in [0.1, 0.15) is 29.5 Å². The van der Waals surface area contributed by atoms with Crippen LogP contribution in [0.2, 0.25) is 0 Å². The predicted molar refractivity (Wildman–Crippen MR) is 126 cm³/mol. The third-order valence-electron chi connectivity index (χ3n) is 7.02. The van der Waals surface area contributed by atoms with Gasteiger partial charge in [-0.25, -0.2) is 0 Å². The summed E-state index contributed by atoms with van der Waals surface area (Å²) < 4.78 is 11.1. The molecule has 3 aromatic carbocycles. The minimum Gasteiger partial charge on any atom is -0.493 e. The number of hydrogen-bond acceptors (Lipinski definition) is 4. The lowest BCUT2D eigenvalue weighted by molar-refractivity contribution is 0.0839. The first-order valence-electron chi connectivity index (χ1n) is 11.4. The standard InChI is InChI=1S/C27H32N2O2/c1-30-26-15-21-12-14-29(18-23(21)16-27(26)31-2)24-10-6-13-28(19-24)17-22-9-5-8-20-7-3-4-11-25(20)22/h3-5,7-9,11,15-16,24H,6,10,12-14,17-19H2,1-2H3. The Morgan fingerprint density at radius 1 is 0.903 bits per heavy atom. The molecule has 0 aliphatic carbocycles. The van der Waals surface area contributed by atoms with Gasteiger partial charge in [-0.3, -0.25) is 9.80 Å². The monoisotopic (exact) mass is 416 g/mol. The summed E-state index contributed by atoms with van der Waals surface area (Å²) in [6, 6.07) is 20.4. The van der Waals surface area contributed by atoms with Crippen molar-refractivity contribution in [2.24, 2.45) is 0 Å². The molecule has 1 fully saturated rings. The highest BCUT2D eigenvalue weighted by Crippen LogP contribution is 2.34. The SMILES string of the molecule is COc1cc2c(cc1OC)CN(C1CCCN(Cc3cccc4ccccc34)C1)CC2. The first-order chi connectivity index (χ1) is 15.2. The van der Waals surface area contributed by atoms with Crippen LogP contribution in [0.15, 0.2) is 54.6 Å². The van der Waals surface area contributed by atoms with E-state index in [9.17, 15) is 0 Å². The largest absolute Gasteiger partial charge is 0.493 e. The summed E-state index contributed by atoms with van der Waals surface area (Å²) >= 11 is 0. The van der Waals surface area contributed by atoms with Gasteiger partial charge in [0.1, 0.15) is 0 Å². The van der Waals surface area contributed by atoms with E-state index >= 15 is 0 Å². The van der Waals surface area contributed by atoms with E-state index in [1.807, 2.05) is 0 Å². The minimum absolute atomic E-state index is 0.616. The molecule has 162 valence electrons. The first-order valence-corrected chi connectivity index (χ1v) is 11.4. The van der Waals surface area contributed by atoms with Crippen LogP contribution in [0, 0.1) is 0 Å². The Kier molecular flexibility index (Phi) is 5.84. The Morgan fingerprint density at radius 2 is 1.68 bits per heavy atom. The summed E-state index contributed by atoms with van der Waals surface area (Å²) in [6.45, 7) is 5.49. The van der Waals surface area contributed by atoms with Crippen molar-refractivity contribution in [1.82, 2.24) is 9.80 Å². The molecule has 2 heterocycles. The third kappa shape index (κ3) is 4.15. The number of fused-ring (bicyclic) bond motifs is 2. The summed E-state index contributed by atoms with van der Waals surface area (Å²) in [5.41, 5.74) is 4.23. The molecule has 1 unspecified atom stereocenters. The smallest absolute Gasteiger partial charge is 0.161 e. The highest BCUT2D eigenvalue weighted by Gasteiger charge is 2.29. The van der Waals surface area contributed by atoms with E-state index in [1.165, 1.54) is 46.8 Å². The van der Waals surface area contributed by atoms with E-state index in [0.717, 1.165) is 44.1 Å². The van der Waals surface area contributed by atoms with Crippen LogP contribution < -0.4 is 9.47 Å². The molecule has 4 heteroatoms. The summed E-state index contributed by atoms with van der Waals surface area (Å²) in [5.74, 6) is 1.68. The van der Waals surface area contributed by atoms with Crippen LogP contribution in [0.25, 0.3) is 10.8 Å². The summed E-state index contributed by atoms with van der Waals surface area (Å²) in [6.07, 6.45) is 3.63. The predicted octanol–water partition coefficient (Wildman–Crippen LogP) is 4.88. The molecular formula is C27H32N2O2. The Balaban J connectivity index is 1.30. The van der Waals surface area contributed by atoms with Crippen LogP contribution in [0.4, 0.5) is 0 Å². The molecule has 0 saturated carbocycles. The quantitative estimate of drug-likeness (QED) is 0.592. The van der Waals surface area contributed by atoms with E-state index in [0.29, 0.717) is 6.04 Å². The van der Waals surface area contributed by atoms with Crippen LogP contribution in [0.5, 0.6) is 11.5 Å². The molecule has 0 bridgehead atoms. The molecule has 31 heavy (non-hydrogen) atoms. The van der Waals surface area contributed by atoms with Crippen LogP contribution >= 0.6 is 0 Å². The average molecular weight is 417 g/mol. The maximum Gasteiger partial charge on any atom is 0.161 e. The molecule has 0 amide bonds. The highest BCUT2D eigenvalue weighted by molar-refractivity contribution is 5.85. The fourth-order valence-electron chi connectivity index (χ4n) is 5.36. The second-order valence-electron chi connectivity index (χ2n) is 8.87. The number of methoxy groups -OCH3 is 2. The number of rotatable bonds is 5. The minimum atomic E-state index is 0.616. The highest BCUT2D eigenvalue weighted by atomic mass is 16.5. The van der Waals surface area contributed by atoms with Gasteiger partial charge in [-0.05, 0) is 65.4 Å². The van der Waals surface area contributed by atoms with Crippen molar-refractivity contribution in [3.8, 4) is 11.5 Å². The summed E-state index contributed by atoms with van der Waals surface area (Å²) in [4.78, 5) is 5.34. The van der Waals surface area contributed by atoms with Gasteiger partial charge < -0.3 is 9.47 Å². The van der Waals surface area contributed by atoms with Gasteiger partial charge in [0.15, 0.2) is 11.5 Å². The van der Waals surface area contributed by atoms with E-state index < -0.39 is 0 Å². The van der Waals surface area contributed by atoms with Gasteiger partial charge in [0.2, 0.25) is 0 Å². The Bertz CT molecular complexity index is 1060. The lowest BCUT2D eigenvalue weighted by atomic mass is 9.95.